The van der Waals surface area contributed by atoms with Crippen LogP contribution in [0.4, 0.5) is 11.4 Å². The van der Waals surface area contributed by atoms with Crippen LogP contribution in [0, 0.1) is 35.5 Å². The van der Waals surface area contributed by atoms with Gasteiger partial charge in [0, 0.05) is 25.2 Å². The van der Waals surface area contributed by atoms with Crippen LogP contribution in [0.15, 0.2) is 36.9 Å². The van der Waals surface area contributed by atoms with Crippen molar-refractivity contribution in [2.75, 3.05) is 11.5 Å². The lowest BCUT2D eigenvalue weighted by atomic mass is 9.68. The van der Waals surface area contributed by atoms with Crippen molar-refractivity contribution in [1.82, 2.24) is 9.97 Å². The van der Waals surface area contributed by atoms with Crippen molar-refractivity contribution in [2.24, 2.45) is 35.5 Å². The van der Waals surface area contributed by atoms with Gasteiger partial charge in [0.15, 0.2) is 0 Å². The number of ether oxygens (including phenoxy) is 2. The van der Waals surface area contributed by atoms with Crippen molar-refractivity contribution in [2.45, 2.75) is 144 Å². The summed E-state index contributed by atoms with van der Waals surface area (Å²) in [4.78, 5) is 32.7. The molecule has 0 unspecified atom stereocenters. The zero-order chi connectivity index (χ0) is 35.8. The van der Waals surface area contributed by atoms with E-state index in [0.717, 1.165) is 49.9 Å². The molecule has 2 fully saturated rings. The number of esters is 2. The Morgan fingerprint density at radius 3 is 1.31 bits per heavy atom. The maximum atomic E-state index is 12.3. The predicted octanol–water partition coefficient (Wildman–Crippen LogP) is 9.10. The van der Waals surface area contributed by atoms with Gasteiger partial charge in [-0.2, -0.15) is 0 Å². The van der Waals surface area contributed by atoms with Crippen molar-refractivity contribution in [1.29, 1.82) is 0 Å². The second-order valence-electron chi connectivity index (χ2n) is 17.1. The number of nitrogens with two attached hydrogens (primary N) is 2. The Balaban J connectivity index is 0.000000260. The minimum absolute atomic E-state index is 0.0849. The van der Waals surface area contributed by atoms with Gasteiger partial charge in [-0.3, -0.25) is 19.6 Å². The summed E-state index contributed by atoms with van der Waals surface area (Å²) in [5.74, 6) is 3.80. The Morgan fingerprint density at radius 2 is 1.02 bits per heavy atom. The van der Waals surface area contributed by atoms with E-state index in [1.54, 1.807) is 12.4 Å². The van der Waals surface area contributed by atoms with E-state index in [1.807, 2.05) is 66.1 Å². The smallest absolute Gasteiger partial charge is 0.306 e. The lowest BCUT2D eigenvalue weighted by Gasteiger charge is -2.37. The van der Waals surface area contributed by atoms with Gasteiger partial charge in [0.25, 0.3) is 0 Å². The molecule has 0 aliphatic heterocycles. The average Bonchev–Trinajstić information content (AvgIpc) is 2.95. The molecule has 0 aromatic carbocycles. The third-order valence-electron chi connectivity index (χ3n) is 9.97. The third kappa shape index (κ3) is 12.7. The van der Waals surface area contributed by atoms with Gasteiger partial charge in [-0.15, -0.1) is 0 Å². The van der Waals surface area contributed by atoms with E-state index in [9.17, 15) is 9.59 Å². The molecule has 4 N–H and O–H groups in total. The van der Waals surface area contributed by atoms with E-state index in [1.165, 1.54) is 11.1 Å². The summed E-state index contributed by atoms with van der Waals surface area (Å²) in [6, 6.07) is 4.07. The molecule has 2 aromatic heterocycles. The number of hydrogen-bond acceptors (Lipinski definition) is 8. The molecule has 4 rings (SSSR count). The van der Waals surface area contributed by atoms with Gasteiger partial charge in [-0.25, -0.2) is 0 Å². The van der Waals surface area contributed by atoms with Crippen LogP contribution in [-0.2, 0) is 19.1 Å². The van der Waals surface area contributed by atoms with E-state index in [-0.39, 0.29) is 11.9 Å². The van der Waals surface area contributed by atoms with Crippen LogP contribution in [0.5, 0.6) is 0 Å². The number of hydrogen-bond donors (Lipinski definition) is 2. The zero-order valence-electron chi connectivity index (χ0n) is 31.4. The summed E-state index contributed by atoms with van der Waals surface area (Å²) < 4.78 is 11.1. The summed E-state index contributed by atoms with van der Waals surface area (Å²) in [6.07, 6.45) is 14.6. The fourth-order valence-electron chi connectivity index (χ4n) is 7.72. The van der Waals surface area contributed by atoms with E-state index in [4.69, 9.17) is 20.9 Å². The Hall–Kier alpha value is -3.16. The van der Waals surface area contributed by atoms with Crippen LogP contribution < -0.4 is 11.5 Å². The van der Waals surface area contributed by atoms with Crippen LogP contribution in [0.2, 0.25) is 0 Å². The predicted molar refractivity (Wildman–Crippen MR) is 195 cm³/mol. The van der Waals surface area contributed by atoms with Gasteiger partial charge in [0.2, 0.25) is 0 Å². The molecule has 0 spiro atoms. The largest absolute Gasteiger partial charge is 0.460 e. The minimum atomic E-state index is -0.419. The number of nitrogens with zero attached hydrogens (tertiary/aromatic N) is 2. The number of carbonyl (C=O) groups is 2. The van der Waals surface area contributed by atoms with E-state index >= 15 is 0 Å². The Bertz CT molecular complexity index is 1230. The molecule has 2 saturated carbocycles. The summed E-state index contributed by atoms with van der Waals surface area (Å²) in [6.45, 7) is 20.6. The molecule has 8 heteroatoms. The van der Waals surface area contributed by atoms with E-state index in [2.05, 4.69) is 37.7 Å². The Labute approximate surface area is 290 Å². The number of anilines is 2. The molecule has 6 atom stereocenters. The Morgan fingerprint density at radius 1 is 0.667 bits per heavy atom. The number of nitrogen functional groups attached to an aromatic ring is 2. The van der Waals surface area contributed by atoms with Crippen molar-refractivity contribution in [3.05, 3.63) is 48.0 Å². The molecular weight excluding hydrogens is 600 g/mol. The fraction of sp³-hybridized carbons (Fsp3) is 0.700. The lowest BCUT2D eigenvalue weighted by Crippen LogP contribution is -2.30. The van der Waals surface area contributed by atoms with Gasteiger partial charge in [0.1, 0.15) is 11.2 Å². The molecule has 2 aromatic rings. The van der Waals surface area contributed by atoms with Gasteiger partial charge in [0.05, 0.1) is 23.8 Å². The summed E-state index contributed by atoms with van der Waals surface area (Å²) in [7, 11) is 0. The number of aromatic nitrogens is 2. The zero-order valence-corrected chi connectivity index (χ0v) is 31.4. The topological polar surface area (TPSA) is 130 Å². The molecule has 0 amide bonds. The van der Waals surface area contributed by atoms with Gasteiger partial charge in [-0.05, 0) is 151 Å². The molecular formula is C40H64N4O4. The van der Waals surface area contributed by atoms with E-state index in [0.29, 0.717) is 60.2 Å². The number of pyridine rings is 2. The SMILES string of the molecule is CC(C)[C@@H]1C[C@H](CC(=O)OC(C)(C)C)C[C@H](c2ccncc2N)C1.CC(C)[C@H]1C[C@@H](CC(=O)OC(C)(C)C)C[C@@H](c2ccncc2N)C1. The highest BCUT2D eigenvalue weighted by atomic mass is 16.6. The molecule has 2 aliphatic carbocycles. The molecule has 0 bridgehead atoms. The molecule has 8 nitrogen and oxygen atoms in total. The first kappa shape index (κ1) is 39.3. The van der Waals surface area contributed by atoms with Crippen molar-refractivity contribution < 1.29 is 19.1 Å². The molecule has 2 aliphatic rings. The number of rotatable bonds is 8. The second-order valence-corrected chi connectivity index (χ2v) is 17.1. The lowest BCUT2D eigenvalue weighted by molar-refractivity contribution is -0.157. The fourth-order valence-corrected chi connectivity index (χ4v) is 7.72. The quantitative estimate of drug-likeness (QED) is 0.267. The molecule has 2 heterocycles. The maximum absolute atomic E-state index is 12.3. The van der Waals surface area contributed by atoms with Crippen LogP contribution >= 0.6 is 0 Å². The summed E-state index contributed by atoms with van der Waals surface area (Å²) in [5, 5.41) is 0. The van der Waals surface area contributed by atoms with Crippen LogP contribution in [0.1, 0.15) is 144 Å². The van der Waals surface area contributed by atoms with Crippen molar-refractivity contribution in [3.8, 4) is 0 Å². The van der Waals surface area contributed by atoms with Crippen molar-refractivity contribution in [3.63, 3.8) is 0 Å². The first-order valence-corrected chi connectivity index (χ1v) is 18.1. The first-order valence-electron chi connectivity index (χ1n) is 18.1. The van der Waals surface area contributed by atoms with Crippen molar-refractivity contribution >= 4 is 23.3 Å². The number of carbonyl (C=O) groups excluding carboxylic acids is 2. The molecule has 268 valence electrons. The van der Waals surface area contributed by atoms with Gasteiger partial charge >= 0.3 is 11.9 Å². The Kier molecular flexibility index (Phi) is 13.9. The van der Waals surface area contributed by atoms with E-state index < -0.39 is 11.2 Å². The second kappa shape index (κ2) is 17.0. The highest BCUT2D eigenvalue weighted by Gasteiger charge is 2.35. The summed E-state index contributed by atoms with van der Waals surface area (Å²) in [5.41, 5.74) is 15.4. The van der Waals surface area contributed by atoms with Crippen LogP contribution in [0.25, 0.3) is 0 Å². The molecule has 0 radical (unpaired) electrons. The third-order valence-corrected chi connectivity index (χ3v) is 9.97. The average molecular weight is 665 g/mol. The van der Waals surface area contributed by atoms with Gasteiger partial charge in [-0.1, -0.05) is 27.7 Å². The first-order chi connectivity index (χ1) is 22.3. The summed E-state index contributed by atoms with van der Waals surface area (Å²) >= 11 is 0. The maximum Gasteiger partial charge on any atom is 0.306 e. The minimum Gasteiger partial charge on any atom is -0.460 e. The van der Waals surface area contributed by atoms with Gasteiger partial charge < -0.3 is 20.9 Å². The highest BCUT2D eigenvalue weighted by molar-refractivity contribution is 5.70. The monoisotopic (exact) mass is 664 g/mol. The van der Waals surface area contributed by atoms with Crippen LogP contribution in [-0.4, -0.2) is 33.1 Å². The molecule has 48 heavy (non-hydrogen) atoms. The normalized spacial score (nSPS) is 24.8. The standard InChI is InChI=1S/2C20H32N2O2/c2*1-13(2)15-8-14(10-19(23)24-20(3,4)5)9-16(11-15)17-6-7-22-12-18(17)21/h2*6-7,12-16H,8-11,21H2,1-5H3/t2*14-,15+,16-/m10/s1. The molecule has 0 saturated heterocycles. The highest BCUT2D eigenvalue weighted by Crippen LogP contribution is 2.46. The van der Waals surface area contributed by atoms with Crippen LogP contribution in [0.3, 0.4) is 0 Å².